The van der Waals surface area contributed by atoms with Crippen molar-refractivity contribution in [1.29, 1.82) is 0 Å². The standard InChI is InChI=1S/C14H26N2O3S2/c15-12(14(18)19)6-3-4-9-16-13(17)7-2-1-5-11-8-10-20-21-11/h11-12H,1-10,15H2,(H,16,17)(H,18,19). The molecule has 1 amide bonds. The molecule has 0 aromatic rings. The zero-order chi connectivity index (χ0) is 15.5. The van der Waals surface area contributed by atoms with Gasteiger partial charge in [0.05, 0.1) is 0 Å². The summed E-state index contributed by atoms with van der Waals surface area (Å²) < 4.78 is 0. The van der Waals surface area contributed by atoms with E-state index in [1.54, 1.807) is 0 Å². The number of carbonyl (C=O) groups excluding carboxylic acids is 1. The first kappa shape index (κ1) is 18.6. The highest BCUT2D eigenvalue weighted by atomic mass is 33.1. The van der Waals surface area contributed by atoms with Gasteiger partial charge >= 0.3 is 5.97 Å². The van der Waals surface area contributed by atoms with Gasteiger partial charge in [0, 0.05) is 24.0 Å². The summed E-state index contributed by atoms with van der Waals surface area (Å²) in [5, 5.41) is 12.3. The lowest BCUT2D eigenvalue weighted by Crippen LogP contribution is -2.30. The summed E-state index contributed by atoms with van der Waals surface area (Å²) in [7, 11) is 3.95. The molecular formula is C14H26N2O3S2. The van der Waals surface area contributed by atoms with Crippen LogP contribution in [0.15, 0.2) is 0 Å². The number of nitrogens with one attached hydrogen (secondary N) is 1. The SMILES string of the molecule is NC(CCCCNC(=O)CCCCC1CCSS1)C(=O)O. The molecule has 1 saturated heterocycles. The molecule has 0 spiro atoms. The van der Waals surface area contributed by atoms with Gasteiger partial charge in [0.1, 0.15) is 6.04 Å². The highest BCUT2D eigenvalue weighted by Gasteiger charge is 2.15. The normalized spacial score (nSPS) is 19.4. The van der Waals surface area contributed by atoms with Crippen molar-refractivity contribution < 1.29 is 14.7 Å². The molecule has 7 heteroatoms. The topological polar surface area (TPSA) is 92.4 Å². The van der Waals surface area contributed by atoms with Gasteiger partial charge in [0.2, 0.25) is 5.91 Å². The molecule has 21 heavy (non-hydrogen) atoms. The van der Waals surface area contributed by atoms with Gasteiger partial charge in [0.25, 0.3) is 0 Å². The number of nitrogens with two attached hydrogens (primary N) is 1. The summed E-state index contributed by atoms with van der Waals surface area (Å²) in [5.74, 6) is 0.408. The van der Waals surface area contributed by atoms with Gasteiger partial charge in [-0.3, -0.25) is 9.59 Å². The van der Waals surface area contributed by atoms with Gasteiger partial charge in [-0.1, -0.05) is 28.0 Å². The number of carboxylic acids is 1. The Kier molecular flexibility index (Phi) is 9.95. The van der Waals surface area contributed by atoms with Crippen LogP contribution >= 0.6 is 21.6 Å². The van der Waals surface area contributed by atoms with Crippen molar-refractivity contribution in [3.8, 4) is 0 Å². The number of hydrogen-bond donors (Lipinski definition) is 3. The maximum absolute atomic E-state index is 11.6. The molecular weight excluding hydrogens is 308 g/mol. The van der Waals surface area contributed by atoms with Crippen molar-refractivity contribution in [2.75, 3.05) is 12.3 Å². The predicted octanol–water partition coefficient (Wildman–Crippen LogP) is 2.40. The number of rotatable bonds is 11. The van der Waals surface area contributed by atoms with Crippen molar-refractivity contribution in [2.24, 2.45) is 5.73 Å². The van der Waals surface area contributed by atoms with E-state index in [1.807, 2.05) is 21.6 Å². The molecule has 0 radical (unpaired) electrons. The first-order valence-corrected chi connectivity index (χ1v) is 10.0. The molecule has 1 rings (SSSR count). The minimum absolute atomic E-state index is 0.103. The summed E-state index contributed by atoms with van der Waals surface area (Å²) in [6.45, 7) is 0.611. The fraction of sp³-hybridized carbons (Fsp3) is 0.857. The summed E-state index contributed by atoms with van der Waals surface area (Å²) >= 11 is 0. The van der Waals surface area contributed by atoms with E-state index in [4.69, 9.17) is 10.8 Å². The molecule has 0 aromatic carbocycles. The van der Waals surface area contributed by atoms with Gasteiger partial charge in [-0.2, -0.15) is 0 Å². The van der Waals surface area contributed by atoms with Gasteiger partial charge in [-0.15, -0.1) is 0 Å². The summed E-state index contributed by atoms with van der Waals surface area (Å²) in [6.07, 6.45) is 7.17. The van der Waals surface area contributed by atoms with Crippen LogP contribution in [0, 0.1) is 0 Å². The Hall–Kier alpha value is -0.400. The van der Waals surface area contributed by atoms with Gasteiger partial charge < -0.3 is 16.2 Å². The van der Waals surface area contributed by atoms with Crippen LogP contribution in [0.4, 0.5) is 0 Å². The van der Waals surface area contributed by atoms with Crippen LogP contribution < -0.4 is 11.1 Å². The number of unbranched alkanes of at least 4 members (excludes halogenated alkanes) is 2. The number of aliphatic carboxylic acids is 1. The van der Waals surface area contributed by atoms with Crippen LogP contribution in [-0.4, -0.2) is 40.6 Å². The highest BCUT2D eigenvalue weighted by Crippen LogP contribution is 2.39. The molecule has 4 N–H and O–H groups in total. The predicted molar refractivity (Wildman–Crippen MR) is 89.4 cm³/mol. The second-order valence-corrected chi connectivity index (χ2v) is 8.15. The zero-order valence-corrected chi connectivity index (χ0v) is 14.0. The average Bonchev–Trinajstić information content (AvgIpc) is 2.96. The van der Waals surface area contributed by atoms with E-state index in [1.165, 1.54) is 18.6 Å². The van der Waals surface area contributed by atoms with E-state index in [-0.39, 0.29) is 5.91 Å². The Morgan fingerprint density at radius 1 is 1.29 bits per heavy atom. The Labute approximate surface area is 134 Å². The van der Waals surface area contributed by atoms with Crippen LogP contribution in [0.25, 0.3) is 0 Å². The van der Waals surface area contributed by atoms with Crippen molar-refractivity contribution in [2.45, 2.75) is 62.7 Å². The Morgan fingerprint density at radius 3 is 2.76 bits per heavy atom. The second kappa shape index (κ2) is 11.2. The molecule has 0 aromatic heterocycles. The molecule has 1 heterocycles. The molecule has 1 aliphatic rings. The lowest BCUT2D eigenvalue weighted by molar-refractivity contribution is -0.138. The summed E-state index contributed by atoms with van der Waals surface area (Å²) in [6, 6.07) is -0.785. The van der Waals surface area contributed by atoms with Crippen LogP contribution in [-0.2, 0) is 9.59 Å². The number of carboxylic acid groups (broad SMARTS) is 1. The molecule has 5 nitrogen and oxygen atoms in total. The van der Waals surface area contributed by atoms with Crippen LogP contribution in [0.2, 0.25) is 0 Å². The van der Waals surface area contributed by atoms with E-state index in [9.17, 15) is 9.59 Å². The Morgan fingerprint density at radius 2 is 2.10 bits per heavy atom. The Balaban J connectivity index is 1.88. The average molecular weight is 335 g/mol. The third kappa shape index (κ3) is 9.26. The van der Waals surface area contributed by atoms with Crippen molar-refractivity contribution in [1.82, 2.24) is 5.32 Å². The molecule has 0 bridgehead atoms. The maximum Gasteiger partial charge on any atom is 0.320 e. The maximum atomic E-state index is 11.6. The van der Waals surface area contributed by atoms with Crippen molar-refractivity contribution in [3.05, 3.63) is 0 Å². The van der Waals surface area contributed by atoms with E-state index in [0.717, 1.165) is 30.9 Å². The van der Waals surface area contributed by atoms with Gasteiger partial charge in [-0.25, -0.2) is 0 Å². The summed E-state index contributed by atoms with van der Waals surface area (Å²) in [4.78, 5) is 22.1. The lowest BCUT2D eigenvalue weighted by atomic mass is 10.1. The fourth-order valence-corrected chi connectivity index (χ4v) is 5.18. The van der Waals surface area contributed by atoms with Crippen LogP contribution in [0.5, 0.6) is 0 Å². The molecule has 2 atom stereocenters. The minimum Gasteiger partial charge on any atom is -0.480 e. The zero-order valence-electron chi connectivity index (χ0n) is 12.4. The van der Waals surface area contributed by atoms with Crippen LogP contribution in [0.3, 0.4) is 0 Å². The number of carbonyl (C=O) groups is 2. The van der Waals surface area contributed by atoms with Gasteiger partial charge in [-0.05, 0) is 38.5 Å². The first-order valence-electron chi connectivity index (χ1n) is 7.63. The van der Waals surface area contributed by atoms with Crippen molar-refractivity contribution in [3.63, 3.8) is 0 Å². The highest BCUT2D eigenvalue weighted by molar-refractivity contribution is 8.77. The van der Waals surface area contributed by atoms with E-state index < -0.39 is 12.0 Å². The smallest absolute Gasteiger partial charge is 0.320 e. The van der Waals surface area contributed by atoms with Gasteiger partial charge in [0.15, 0.2) is 0 Å². The monoisotopic (exact) mass is 334 g/mol. The third-order valence-electron chi connectivity index (χ3n) is 3.49. The minimum atomic E-state index is -0.960. The van der Waals surface area contributed by atoms with Crippen molar-refractivity contribution >= 4 is 33.5 Å². The Bertz CT molecular complexity index is 323. The number of hydrogen-bond acceptors (Lipinski definition) is 5. The summed E-state index contributed by atoms with van der Waals surface area (Å²) in [5.41, 5.74) is 5.40. The van der Waals surface area contributed by atoms with E-state index in [0.29, 0.717) is 19.4 Å². The molecule has 1 fully saturated rings. The third-order valence-corrected chi connectivity index (χ3v) is 6.50. The first-order chi connectivity index (χ1) is 10.1. The van der Waals surface area contributed by atoms with E-state index >= 15 is 0 Å². The second-order valence-electron chi connectivity index (χ2n) is 5.37. The molecule has 0 saturated carbocycles. The molecule has 2 unspecified atom stereocenters. The quantitative estimate of drug-likeness (QED) is 0.397. The molecule has 1 aliphatic heterocycles. The van der Waals surface area contributed by atoms with Crippen LogP contribution in [0.1, 0.15) is 51.4 Å². The molecule has 0 aliphatic carbocycles. The lowest BCUT2D eigenvalue weighted by Gasteiger charge is -2.08. The largest absolute Gasteiger partial charge is 0.480 e. The van der Waals surface area contributed by atoms with E-state index in [2.05, 4.69) is 5.32 Å². The fourth-order valence-electron chi connectivity index (χ4n) is 2.15. The number of amides is 1. The molecule has 122 valence electrons.